The van der Waals surface area contributed by atoms with Gasteiger partial charge < -0.3 is 5.32 Å². The minimum atomic E-state index is 0.419. The van der Waals surface area contributed by atoms with Crippen LogP contribution in [0, 0.1) is 0 Å². The van der Waals surface area contributed by atoms with Crippen LogP contribution in [0.15, 0.2) is 48.5 Å². The van der Waals surface area contributed by atoms with Gasteiger partial charge in [-0.1, -0.05) is 47.5 Å². The third kappa shape index (κ3) is 4.47. The van der Waals surface area contributed by atoms with Gasteiger partial charge in [-0.15, -0.1) is 0 Å². The summed E-state index contributed by atoms with van der Waals surface area (Å²) in [6.45, 7) is 0.984. The summed E-state index contributed by atoms with van der Waals surface area (Å²) >= 11 is 12.3. The van der Waals surface area contributed by atoms with E-state index >= 15 is 0 Å². The largest absolute Gasteiger partial charge is 0.313 e. The van der Waals surface area contributed by atoms with Crippen molar-refractivity contribution in [1.82, 2.24) is 5.32 Å². The summed E-state index contributed by atoms with van der Waals surface area (Å²) < 4.78 is 0. The Bertz CT molecular complexity index is 608. The lowest BCUT2D eigenvalue weighted by Crippen LogP contribution is -2.24. The van der Waals surface area contributed by atoms with Gasteiger partial charge >= 0.3 is 0 Å². The molecule has 21 heavy (non-hydrogen) atoms. The molecular weight excluding hydrogens is 301 g/mol. The molecule has 0 saturated heterocycles. The van der Waals surface area contributed by atoms with Gasteiger partial charge in [0.1, 0.15) is 0 Å². The van der Waals surface area contributed by atoms with Crippen LogP contribution in [0.2, 0.25) is 10.0 Å². The van der Waals surface area contributed by atoms with E-state index in [0.717, 1.165) is 23.0 Å². The van der Waals surface area contributed by atoms with Gasteiger partial charge in [0.2, 0.25) is 0 Å². The van der Waals surface area contributed by atoms with E-state index in [-0.39, 0.29) is 0 Å². The van der Waals surface area contributed by atoms with Crippen molar-refractivity contribution in [2.24, 2.45) is 0 Å². The Morgan fingerprint density at radius 3 is 2.38 bits per heavy atom. The van der Waals surface area contributed by atoms with Gasteiger partial charge in [-0.3, -0.25) is 0 Å². The first-order chi connectivity index (χ1) is 10.2. The third-order valence-electron chi connectivity index (χ3n) is 3.92. The van der Waals surface area contributed by atoms with Crippen LogP contribution < -0.4 is 5.32 Å². The van der Waals surface area contributed by atoms with Crippen LogP contribution in [0.5, 0.6) is 0 Å². The molecule has 1 aliphatic rings. The van der Waals surface area contributed by atoms with E-state index < -0.39 is 0 Å². The first-order valence-corrected chi connectivity index (χ1v) is 8.19. The normalized spacial score (nSPS) is 15.9. The maximum atomic E-state index is 6.15. The molecule has 0 radical (unpaired) electrons. The smallest absolute Gasteiger partial charge is 0.0408 e. The van der Waals surface area contributed by atoms with Crippen LogP contribution in [-0.4, -0.2) is 12.6 Å². The van der Waals surface area contributed by atoms with Crippen molar-refractivity contribution >= 4 is 23.2 Å². The molecule has 0 bridgehead atoms. The summed E-state index contributed by atoms with van der Waals surface area (Å²) in [4.78, 5) is 0. The Morgan fingerprint density at radius 1 is 1.00 bits per heavy atom. The summed E-state index contributed by atoms with van der Waals surface area (Å²) in [5, 5.41) is 5.23. The average molecular weight is 320 g/mol. The SMILES string of the molecule is Clc1cccc(CC(CNC2CC2)c2cccc(Cl)c2)c1. The molecule has 3 heteroatoms. The molecule has 1 aliphatic carbocycles. The Balaban J connectivity index is 1.77. The van der Waals surface area contributed by atoms with Crippen molar-refractivity contribution in [1.29, 1.82) is 0 Å². The van der Waals surface area contributed by atoms with Crippen LogP contribution >= 0.6 is 23.2 Å². The second-order valence-corrected chi connectivity index (χ2v) is 6.64. The highest BCUT2D eigenvalue weighted by molar-refractivity contribution is 6.30. The fourth-order valence-corrected chi connectivity index (χ4v) is 3.02. The monoisotopic (exact) mass is 319 g/mol. The molecule has 0 spiro atoms. The molecule has 0 aliphatic heterocycles. The molecule has 0 heterocycles. The fraction of sp³-hybridized carbons (Fsp3) is 0.333. The molecule has 1 atom stereocenters. The van der Waals surface area contributed by atoms with Gasteiger partial charge in [0.25, 0.3) is 0 Å². The minimum absolute atomic E-state index is 0.419. The van der Waals surface area contributed by atoms with E-state index in [0.29, 0.717) is 12.0 Å². The molecule has 1 nitrogen and oxygen atoms in total. The highest BCUT2D eigenvalue weighted by atomic mass is 35.5. The van der Waals surface area contributed by atoms with Gasteiger partial charge in [-0.2, -0.15) is 0 Å². The van der Waals surface area contributed by atoms with Gasteiger partial charge in [-0.25, -0.2) is 0 Å². The molecule has 0 amide bonds. The number of nitrogens with one attached hydrogen (secondary N) is 1. The molecule has 110 valence electrons. The summed E-state index contributed by atoms with van der Waals surface area (Å²) in [6, 6.07) is 17.0. The topological polar surface area (TPSA) is 12.0 Å². The predicted octanol–water partition coefficient (Wildman–Crippen LogP) is 5.07. The lowest BCUT2D eigenvalue weighted by Gasteiger charge is -2.19. The molecule has 1 saturated carbocycles. The Morgan fingerprint density at radius 2 is 1.71 bits per heavy atom. The van der Waals surface area contributed by atoms with Crippen molar-refractivity contribution in [2.45, 2.75) is 31.2 Å². The summed E-state index contributed by atoms with van der Waals surface area (Å²) in [5.74, 6) is 0.419. The predicted molar refractivity (Wildman–Crippen MR) is 90.4 cm³/mol. The number of benzene rings is 2. The van der Waals surface area contributed by atoms with Gasteiger partial charge in [0, 0.05) is 28.5 Å². The van der Waals surface area contributed by atoms with Crippen LogP contribution in [0.3, 0.4) is 0 Å². The van der Waals surface area contributed by atoms with E-state index in [1.54, 1.807) is 0 Å². The van der Waals surface area contributed by atoms with Crippen LogP contribution in [0.25, 0.3) is 0 Å². The summed E-state index contributed by atoms with van der Waals surface area (Å²) in [5.41, 5.74) is 2.56. The minimum Gasteiger partial charge on any atom is -0.313 e. The van der Waals surface area contributed by atoms with Crippen molar-refractivity contribution in [3.05, 3.63) is 69.7 Å². The molecule has 1 fully saturated rings. The molecule has 2 aromatic rings. The second-order valence-electron chi connectivity index (χ2n) is 5.77. The van der Waals surface area contributed by atoms with E-state index in [1.807, 2.05) is 24.3 Å². The molecule has 3 rings (SSSR count). The zero-order valence-electron chi connectivity index (χ0n) is 11.9. The number of rotatable bonds is 6. The van der Waals surface area contributed by atoms with Gasteiger partial charge in [-0.05, 0) is 54.7 Å². The van der Waals surface area contributed by atoms with Gasteiger partial charge in [0.05, 0.1) is 0 Å². The van der Waals surface area contributed by atoms with Crippen LogP contribution in [0.1, 0.15) is 29.9 Å². The van der Waals surface area contributed by atoms with E-state index in [2.05, 4.69) is 29.6 Å². The van der Waals surface area contributed by atoms with Crippen molar-refractivity contribution in [3.63, 3.8) is 0 Å². The number of hydrogen-bond acceptors (Lipinski definition) is 1. The highest BCUT2D eigenvalue weighted by Gasteiger charge is 2.22. The van der Waals surface area contributed by atoms with E-state index in [4.69, 9.17) is 23.2 Å². The fourth-order valence-electron chi connectivity index (χ4n) is 2.61. The van der Waals surface area contributed by atoms with Gasteiger partial charge in [0.15, 0.2) is 0 Å². The van der Waals surface area contributed by atoms with Crippen LogP contribution in [-0.2, 0) is 6.42 Å². The molecule has 2 aromatic carbocycles. The zero-order valence-corrected chi connectivity index (χ0v) is 13.4. The quantitative estimate of drug-likeness (QED) is 0.783. The Hall–Kier alpha value is -1.02. The van der Waals surface area contributed by atoms with E-state index in [1.165, 1.54) is 24.0 Å². The third-order valence-corrected chi connectivity index (χ3v) is 4.39. The van der Waals surface area contributed by atoms with Crippen molar-refractivity contribution < 1.29 is 0 Å². The van der Waals surface area contributed by atoms with Crippen molar-refractivity contribution in [3.8, 4) is 0 Å². The summed E-state index contributed by atoms with van der Waals surface area (Å²) in [7, 11) is 0. The first kappa shape index (κ1) is 14.9. The Kier molecular flexibility index (Phi) is 4.84. The first-order valence-electron chi connectivity index (χ1n) is 7.44. The summed E-state index contributed by atoms with van der Waals surface area (Å²) in [6.07, 6.45) is 3.58. The second kappa shape index (κ2) is 6.83. The van der Waals surface area contributed by atoms with Crippen LogP contribution in [0.4, 0.5) is 0 Å². The number of halogens is 2. The lowest BCUT2D eigenvalue weighted by molar-refractivity contribution is 0.577. The number of hydrogen-bond donors (Lipinski definition) is 1. The average Bonchev–Trinajstić information content (AvgIpc) is 3.27. The Labute approximate surface area is 136 Å². The molecule has 1 N–H and O–H groups in total. The molecule has 1 unspecified atom stereocenters. The molecule has 0 aromatic heterocycles. The maximum absolute atomic E-state index is 6.15. The lowest BCUT2D eigenvalue weighted by atomic mass is 9.92. The molecular formula is C18H19Cl2N. The van der Waals surface area contributed by atoms with Crippen molar-refractivity contribution in [2.75, 3.05) is 6.54 Å². The zero-order chi connectivity index (χ0) is 14.7. The van der Waals surface area contributed by atoms with E-state index in [9.17, 15) is 0 Å². The highest BCUT2D eigenvalue weighted by Crippen LogP contribution is 2.26. The standard InChI is InChI=1S/C18H19Cl2N/c19-16-5-1-3-13(10-16)9-15(12-21-18-7-8-18)14-4-2-6-17(20)11-14/h1-6,10-11,15,18,21H,7-9,12H2. The maximum Gasteiger partial charge on any atom is 0.0408 e.